The molecule has 44 heavy (non-hydrogen) atoms. The zero-order chi connectivity index (χ0) is 30.5. The summed E-state index contributed by atoms with van der Waals surface area (Å²) in [6, 6.07) is 26.3. The molecule has 2 atom stereocenters. The number of carbonyl (C=O) groups is 1. The number of aromatic amines is 1. The summed E-state index contributed by atoms with van der Waals surface area (Å²) in [6.07, 6.45) is 4.45. The van der Waals surface area contributed by atoms with Gasteiger partial charge in [-0.1, -0.05) is 92.2 Å². The number of benzene rings is 3. The van der Waals surface area contributed by atoms with Crippen LogP contribution in [0.3, 0.4) is 0 Å². The molecule has 0 radical (unpaired) electrons. The highest BCUT2D eigenvalue weighted by molar-refractivity contribution is 5.80. The second-order valence-corrected chi connectivity index (χ2v) is 11.4. The third-order valence-corrected chi connectivity index (χ3v) is 8.57. The standard InChI is InChI=1S/C35H38N6O3/c1-3-11-31-29(22-25-17-19-26(20-18-25)27-14-8-9-15-28(27)33-36-38-39-37-33)34(42)40-21-10-16-32(41(31)40)30(35(43)44-4-2)23-24-12-6-5-7-13-24/h5-9,12-15,17-20,30,32H,3-4,10-11,16,21-23H2,1-2H3,(H,36,37,38,39). The summed E-state index contributed by atoms with van der Waals surface area (Å²) >= 11 is 0. The molecule has 0 saturated carbocycles. The van der Waals surface area contributed by atoms with Crippen LogP contribution in [0.15, 0.2) is 83.7 Å². The van der Waals surface area contributed by atoms with Gasteiger partial charge in [0.25, 0.3) is 5.56 Å². The Bertz CT molecular complexity index is 1760. The molecule has 3 heterocycles. The van der Waals surface area contributed by atoms with Crippen LogP contribution in [-0.4, -0.2) is 42.6 Å². The number of nitrogens with zero attached hydrogens (tertiary/aromatic N) is 5. The molecule has 1 aliphatic heterocycles. The second kappa shape index (κ2) is 13.2. The van der Waals surface area contributed by atoms with E-state index in [0.717, 1.165) is 64.8 Å². The van der Waals surface area contributed by atoms with Gasteiger partial charge in [0.05, 0.1) is 18.6 Å². The van der Waals surface area contributed by atoms with Gasteiger partial charge < -0.3 is 4.74 Å². The zero-order valence-corrected chi connectivity index (χ0v) is 25.3. The molecule has 0 fully saturated rings. The van der Waals surface area contributed by atoms with E-state index < -0.39 is 0 Å². The minimum absolute atomic E-state index is 0.0488. The number of aromatic nitrogens is 6. The molecule has 226 valence electrons. The minimum atomic E-state index is -0.377. The van der Waals surface area contributed by atoms with Crippen LogP contribution >= 0.6 is 0 Å². The van der Waals surface area contributed by atoms with Gasteiger partial charge in [-0.3, -0.25) is 14.3 Å². The molecule has 0 amide bonds. The van der Waals surface area contributed by atoms with Gasteiger partial charge in [0.15, 0.2) is 5.82 Å². The summed E-state index contributed by atoms with van der Waals surface area (Å²) in [5.74, 6) is 0.0410. The lowest BCUT2D eigenvalue weighted by Crippen LogP contribution is -2.38. The van der Waals surface area contributed by atoms with E-state index in [2.05, 4.69) is 74.7 Å². The molecule has 2 aromatic heterocycles. The number of tetrazole rings is 1. The number of rotatable bonds is 11. The van der Waals surface area contributed by atoms with Gasteiger partial charge in [-0.15, -0.1) is 5.10 Å². The van der Waals surface area contributed by atoms with Crippen LogP contribution in [0.1, 0.15) is 61.5 Å². The van der Waals surface area contributed by atoms with Crippen LogP contribution in [-0.2, 0) is 35.3 Å². The fourth-order valence-corrected chi connectivity index (χ4v) is 6.59. The van der Waals surface area contributed by atoms with Crippen molar-refractivity contribution in [3.8, 4) is 22.5 Å². The van der Waals surface area contributed by atoms with E-state index in [1.165, 1.54) is 0 Å². The SMILES string of the molecule is CCCc1c(Cc2ccc(-c3ccccc3-c3nnn[nH]3)cc2)c(=O)n2n1C(C(Cc1ccccc1)C(=O)OCC)CCC2. The molecular formula is C35H38N6O3. The van der Waals surface area contributed by atoms with E-state index >= 15 is 0 Å². The van der Waals surface area contributed by atoms with Crippen LogP contribution in [0.25, 0.3) is 22.5 Å². The third-order valence-electron chi connectivity index (χ3n) is 8.57. The van der Waals surface area contributed by atoms with Gasteiger partial charge in [0.2, 0.25) is 0 Å². The van der Waals surface area contributed by atoms with Gasteiger partial charge in [0.1, 0.15) is 0 Å². The van der Waals surface area contributed by atoms with Crippen molar-refractivity contribution in [1.29, 1.82) is 0 Å². The predicted octanol–water partition coefficient (Wildman–Crippen LogP) is 5.80. The molecule has 3 aromatic carbocycles. The Labute approximate surface area is 256 Å². The highest BCUT2D eigenvalue weighted by atomic mass is 16.5. The van der Waals surface area contributed by atoms with Crippen molar-refractivity contribution in [1.82, 2.24) is 30.0 Å². The quantitative estimate of drug-likeness (QED) is 0.195. The Morgan fingerprint density at radius 3 is 2.43 bits per heavy atom. The summed E-state index contributed by atoms with van der Waals surface area (Å²) in [6.45, 7) is 4.97. The Hall–Kier alpha value is -4.79. The second-order valence-electron chi connectivity index (χ2n) is 11.4. The lowest BCUT2D eigenvalue weighted by molar-refractivity contribution is -0.150. The normalized spacial score (nSPS) is 15.1. The molecule has 5 aromatic rings. The topological polar surface area (TPSA) is 108 Å². The average Bonchev–Trinajstić information content (AvgIpc) is 3.69. The predicted molar refractivity (Wildman–Crippen MR) is 169 cm³/mol. The third kappa shape index (κ3) is 5.86. The van der Waals surface area contributed by atoms with Gasteiger partial charge in [0, 0.05) is 29.8 Å². The molecule has 1 aliphatic rings. The van der Waals surface area contributed by atoms with Gasteiger partial charge in [-0.05, 0) is 65.3 Å². The van der Waals surface area contributed by atoms with E-state index in [0.29, 0.717) is 31.8 Å². The van der Waals surface area contributed by atoms with Crippen molar-refractivity contribution < 1.29 is 9.53 Å². The van der Waals surface area contributed by atoms with Crippen LogP contribution in [0.2, 0.25) is 0 Å². The largest absolute Gasteiger partial charge is 0.466 e. The number of carbonyl (C=O) groups excluding carboxylic acids is 1. The summed E-state index contributed by atoms with van der Waals surface area (Å²) in [5.41, 5.74) is 7.05. The number of nitrogens with one attached hydrogen (secondary N) is 1. The molecule has 0 aliphatic carbocycles. The van der Waals surface area contributed by atoms with Gasteiger partial charge in [-0.25, -0.2) is 9.78 Å². The van der Waals surface area contributed by atoms with Crippen molar-refractivity contribution in [2.24, 2.45) is 5.92 Å². The van der Waals surface area contributed by atoms with E-state index in [1.54, 1.807) is 0 Å². The molecule has 9 heteroatoms. The minimum Gasteiger partial charge on any atom is -0.466 e. The Morgan fingerprint density at radius 2 is 1.73 bits per heavy atom. The van der Waals surface area contributed by atoms with Gasteiger partial charge in [-0.2, -0.15) is 0 Å². The Balaban J connectivity index is 1.34. The molecule has 9 nitrogen and oxygen atoms in total. The Morgan fingerprint density at radius 1 is 0.977 bits per heavy atom. The summed E-state index contributed by atoms with van der Waals surface area (Å²) in [4.78, 5) is 27.4. The summed E-state index contributed by atoms with van der Waals surface area (Å²) in [5, 5.41) is 14.4. The fourth-order valence-electron chi connectivity index (χ4n) is 6.59. The first-order valence-electron chi connectivity index (χ1n) is 15.5. The van der Waals surface area contributed by atoms with E-state index in [4.69, 9.17) is 4.74 Å². The number of hydrogen-bond donors (Lipinski definition) is 1. The maximum Gasteiger partial charge on any atom is 0.311 e. The first-order valence-corrected chi connectivity index (χ1v) is 15.5. The van der Waals surface area contributed by atoms with E-state index in [9.17, 15) is 9.59 Å². The van der Waals surface area contributed by atoms with Crippen molar-refractivity contribution in [3.63, 3.8) is 0 Å². The van der Waals surface area contributed by atoms with Crippen molar-refractivity contribution in [3.05, 3.63) is 112 Å². The first-order chi connectivity index (χ1) is 21.6. The molecule has 2 unspecified atom stereocenters. The fraction of sp³-hybridized carbons (Fsp3) is 0.343. The van der Waals surface area contributed by atoms with Crippen LogP contribution in [0.4, 0.5) is 0 Å². The molecule has 0 saturated heterocycles. The number of fused-ring (bicyclic) bond motifs is 1. The number of ether oxygens (including phenoxy) is 1. The summed E-state index contributed by atoms with van der Waals surface area (Å²) in [7, 11) is 0. The van der Waals surface area contributed by atoms with Crippen molar-refractivity contribution in [2.45, 2.75) is 65.0 Å². The van der Waals surface area contributed by atoms with Crippen LogP contribution in [0, 0.1) is 5.92 Å². The average molecular weight is 591 g/mol. The first kappa shape index (κ1) is 29.3. The van der Waals surface area contributed by atoms with Crippen molar-refractivity contribution >= 4 is 5.97 Å². The highest BCUT2D eigenvalue weighted by Gasteiger charge is 2.37. The Kier molecular flexibility index (Phi) is 8.81. The van der Waals surface area contributed by atoms with E-state index in [-0.39, 0.29) is 23.5 Å². The number of hydrogen-bond acceptors (Lipinski definition) is 6. The zero-order valence-electron chi connectivity index (χ0n) is 25.3. The van der Waals surface area contributed by atoms with Crippen molar-refractivity contribution in [2.75, 3.05) is 6.61 Å². The smallest absolute Gasteiger partial charge is 0.311 e. The van der Waals surface area contributed by atoms with Crippen LogP contribution in [0.5, 0.6) is 0 Å². The lowest BCUT2D eigenvalue weighted by atomic mass is 9.88. The molecule has 0 spiro atoms. The monoisotopic (exact) mass is 590 g/mol. The highest BCUT2D eigenvalue weighted by Crippen LogP contribution is 2.35. The summed E-state index contributed by atoms with van der Waals surface area (Å²) < 4.78 is 9.67. The molecule has 6 rings (SSSR count). The van der Waals surface area contributed by atoms with E-state index in [1.807, 2.05) is 48.0 Å². The molecule has 0 bridgehead atoms. The number of esters is 1. The number of H-pyrrole nitrogens is 1. The lowest BCUT2D eigenvalue weighted by Gasteiger charge is -2.34. The van der Waals surface area contributed by atoms with Crippen LogP contribution < -0.4 is 5.56 Å². The maximum absolute atomic E-state index is 14.0. The molecular weight excluding hydrogens is 552 g/mol. The van der Waals surface area contributed by atoms with Gasteiger partial charge >= 0.3 is 5.97 Å². The maximum atomic E-state index is 14.0. The molecule has 1 N–H and O–H groups in total.